The Morgan fingerprint density at radius 2 is 1.71 bits per heavy atom. The average molecular weight is 374 g/mol. The fourth-order valence-corrected chi connectivity index (χ4v) is 4.46. The molecule has 1 aliphatic carbocycles. The van der Waals surface area contributed by atoms with E-state index in [-0.39, 0.29) is 23.0 Å². The molecule has 0 radical (unpaired) electrons. The van der Waals surface area contributed by atoms with Crippen molar-refractivity contribution in [2.45, 2.75) is 52.9 Å². The predicted molar refractivity (Wildman–Crippen MR) is 110 cm³/mol. The minimum atomic E-state index is -0.183. The summed E-state index contributed by atoms with van der Waals surface area (Å²) in [6.07, 6.45) is 5.00. The highest BCUT2D eigenvalue weighted by atomic mass is 16.2. The number of Topliss-reactive ketones (excluding diaryl/α,β-unsaturated/α-hetero) is 1. The van der Waals surface area contributed by atoms with Crippen LogP contribution < -0.4 is 4.90 Å². The zero-order chi connectivity index (χ0) is 20.1. The van der Waals surface area contributed by atoms with E-state index in [0.29, 0.717) is 19.3 Å². The fraction of sp³-hybridized carbons (Fsp3) is 0.375. The summed E-state index contributed by atoms with van der Waals surface area (Å²) < 4.78 is 0. The molecule has 28 heavy (non-hydrogen) atoms. The van der Waals surface area contributed by atoms with Crippen LogP contribution in [0.15, 0.2) is 54.0 Å². The number of rotatable bonds is 2. The van der Waals surface area contributed by atoms with Gasteiger partial charge in [-0.3, -0.25) is 19.5 Å². The lowest BCUT2D eigenvalue weighted by molar-refractivity contribution is -0.121. The molecule has 4 rings (SSSR count). The highest BCUT2D eigenvalue weighted by molar-refractivity contribution is 6.07. The molecule has 0 saturated heterocycles. The molecule has 1 aromatic carbocycles. The normalized spacial score (nSPS) is 21.7. The topological polar surface area (TPSA) is 50.3 Å². The number of carbonyl (C=O) groups is 2. The van der Waals surface area contributed by atoms with Gasteiger partial charge in [0, 0.05) is 48.1 Å². The van der Waals surface area contributed by atoms with E-state index in [1.165, 1.54) is 5.56 Å². The lowest BCUT2D eigenvalue weighted by atomic mass is 9.69. The number of benzene rings is 1. The van der Waals surface area contributed by atoms with Gasteiger partial charge in [0.2, 0.25) is 5.91 Å². The zero-order valence-electron chi connectivity index (χ0n) is 17.0. The predicted octanol–water partition coefficient (Wildman–Crippen LogP) is 4.86. The summed E-state index contributed by atoms with van der Waals surface area (Å²) in [7, 11) is 0. The Labute approximate surface area is 166 Å². The second-order valence-corrected chi connectivity index (χ2v) is 8.84. The molecule has 2 aromatic rings. The number of ketones is 1. The van der Waals surface area contributed by atoms with Crippen LogP contribution in [0.25, 0.3) is 0 Å². The second-order valence-electron chi connectivity index (χ2n) is 8.84. The van der Waals surface area contributed by atoms with Crippen molar-refractivity contribution in [2.24, 2.45) is 5.41 Å². The maximum absolute atomic E-state index is 13.3. The van der Waals surface area contributed by atoms with Crippen molar-refractivity contribution in [3.63, 3.8) is 0 Å². The molecule has 4 nitrogen and oxygen atoms in total. The van der Waals surface area contributed by atoms with Crippen LogP contribution in [0.2, 0.25) is 0 Å². The Balaban J connectivity index is 1.90. The molecule has 2 aliphatic rings. The van der Waals surface area contributed by atoms with Crippen molar-refractivity contribution in [1.29, 1.82) is 0 Å². The first-order chi connectivity index (χ1) is 13.3. The van der Waals surface area contributed by atoms with Crippen molar-refractivity contribution in [2.75, 3.05) is 4.90 Å². The third-order valence-corrected chi connectivity index (χ3v) is 6.00. The average Bonchev–Trinajstić information content (AvgIpc) is 2.63. The molecule has 2 heterocycles. The molecule has 1 atom stereocenters. The summed E-state index contributed by atoms with van der Waals surface area (Å²) in [5, 5.41) is 0. The number of hydrogen-bond donors (Lipinski definition) is 0. The van der Waals surface area contributed by atoms with Crippen LogP contribution in [-0.4, -0.2) is 16.7 Å². The summed E-state index contributed by atoms with van der Waals surface area (Å²) >= 11 is 0. The number of aryl methyl sites for hydroxylation is 2. The molecular weight excluding hydrogens is 348 g/mol. The van der Waals surface area contributed by atoms with Gasteiger partial charge in [-0.1, -0.05) is 19.9 Å². The van der Waals surface area contributed by atoms with Crippen LogP contribution in [0.4, 0.5) is 5.69 Å². The summed E-state index contributed by atoms with van der Waals surface area (Å²) in [5.74, 6) is 0.0283. The summed E-state index contributed by atoms with van der Waals surface area (Å²) in [6, 6.07) is 9.92. The van der Waals surface area contributed by atoms with E-state index in [0.717, 1.165) is 28.1 Å². The Morgan fingerprint density at radius 1 is 1.00 bits per heavy atom. The van der Waals surface area contributed by atoms with E-state index in [4.69, 9.17) is 0 Å². The van der Waals surface area contributed by atoms with Crippen LogP contribution in [-0.2, 0) is 9.59 Å². The van der Waals surface area contributed by atoms with Gasteiger partial charge in [-0.2, -0.15) is 0 Å². The standard InChI is InChI=1S/C24H26N2O2/c1-15-5-6-18(11-16(15)2)26-20-13-24(3,4)14-21(27)23(20)19(12-22(26)28)17-7-9-25-10-8-17/h5-11,19H,12-14H2,1-4H3. The van der Waals surface area contributed by atoms with Gasteiger partial charge in [-0.25, -0.2) is 0 Å². The molecule has 0 bridgehead atoms. The van der Waals surface area contributed by atoms with E-state index in [1.807, 2.05) is 24.3 Å². The molecule has 0 fully saturated rings. The highest BCUT2D eigenvalue weighted by Crippen LogP contribution is 2.48. The van der Waals surface area contributed by atoms with Gasteiger partial charge < -0.3 is 0 Å². The van der Waals surface area contributed by atoms with Crippen molar-refractivity contribution < 1.29 is 9.59 Å². The van der Waals surface area contributed by atoms with Gasteiger partial charge >= 0.3 is 0 Å². The Morgan fingerprint density at radius 3 is 2.39 bits per heavy atom. The van der Waals surface area contributed by atoms with Gasteiger partial charge in [0.15, 0.2) is 5.78 Å². The van der Waals surface area contributed by atoms with Gasteiger partial charge in [-0.15, -0.1) is 0 Å². The third kappa shape index (κ3) is 3.17. The van der Waals surface area contributed by atoms with E-state index in [2.05, 4.69) is 38.7 Å². The minimum Gasteiger partial charge on any atom is -0.294 e. The van der Waals surface area contributed by atoms with Crippen LogP contribution in [0.1, 0.15) is 55.7 Å². The highest BCUT2D eigenvalue weighted by Gasteiger charge is 2.44. The number of hydrogen-bond acceptors (Lipinski definition) is 3. The largest absolute Gasteiger partial charge is 0.294 e. The third-order valence-electron chi connectivity index (χ3n) is 6.00. The van der Waals surface area contributed by atoms with Gasteiger partial charge in [0.1, 0.15) is 0 Å². The Hall–Kier alpha value is -2.75. The molecule has 144 valence electrons. The SMILES string of the molecule is Cc1ccc(N2C(=O)CC(c3ccncc3)C3=C2CC(C)(C)CC3=O)cc1C. The molecule has 1 amide bonds. The first kappa shape index (κ1) is 18.6. The van der Waals surface area contributed by atoms with Gasteiger partial charge in [0.05, 0.1) is 0 Å². The van der Waals surface area contributed by atoms with Crippen LogP contribution in [0.3, 0.4) is 0 Å². The van der Waals surface area contributed by atoms with Gasteiger partial charge in [0.25, 0.3) is 0 Å². The molecule has 1 aliphatic heterocycles. The minimum absolute atomic E-state index is 0.0503. The summed E-state index contributed by atoms with van der Waals surface area (Å²) in [5.41, 5.74) is 5.71. The van der Waals surface area contributed by atoms with E-state index >= 15 is 0 Å². The maximum atomic E-state index is 13.3. The van der Waals surface area contributed by atoms with Crippen molar-refractivity contribution in [3.8, 4) is 0 Å². The number of pyridine rings is 1. The smallest absolute Gasteiger partial charge is 0.232 e. The van der Waals surface area contributed by atoms with Crippen molar-refractivity contribution >= 4 is 17.4 Å². The van der Waals surface area contributed by atoms with Crippen LogP contribution >= 0.6 is 0 Å². The number of anilines is 1. The van der Waals surface area contributed by atoms with Crippen LogP contribution in [0.5, 0.6) is 0 Å². The van der Waals surface area contributed by atoms with E-state index < -0.39 is 0 Å². The van der Waals surface area contributed by atoms with Crippen LogP contribution in [0, 0.1) is 19.3 Å². The number of aromatic nitrogens is 1. The Kier molecular flexibility index (Phi) is 4.45. The van der Waals surface area contributed by atoms with Crippen molar-refractivity contribution in [1.82, 2.24) is 4.98 Å². The molecular formula is C24H26N2O2. The molecule has 0 N–H and O–H groups in total. The first-order valence-corrected chi connectivity index (χ1v) is 9.83. The quantitative estimate of drug-likeness (QED) is 0.754. The summed E-state index contributed by atoms with van der Waals surface area (Å²) in [4.78, 5) is 32.4. The number of allylic oxidation sites excluding steroid dienone is 2. The lowest BCUT2D eigenvalue weighted by Crippen LogP contribution is -2.43. The fourth-order valence-electron chi connectivity index (χ4n) is 4.46. The van der Waals surface area contributed by atoms with Crippen molar-refractivity contribution in [3.05, 3.63) is 70.7 Å². The molecule has 0 spiro atoms. The number of amides is 1. The second kappa shape index (κ2) is 6.69. The first-order valence-electron chi connectivity index (χ1n) is 9.83. The molecule has 0 saturated carbocycles. The Bertz CT molecular complexity index is 989. The van der Waals surface area contributed by atoms with E-state index in [9.17, 15) is 9.59 Å². The molecule has 4 heteroatoms. The van der Waals surface area contributed by atoms with E-state index in [1.54, 1.807) is 17.3 Å². The lowest BCUT2D eigenvalue weighted by Gasteiger charge is -2.43. The molecule has 1 aromatic heterocycles. The number of carbonyl (C=O) groups excluding carboxylic acids is 2. The number of nitrogens with zero attached hydrogens (tertiary/aromatic N) is 2. The summed E-state index contributed by atoms with van der Waals surface area (Å²) in [6.45, 7) is 8.33. The van der Waals surface area contributed by atoms with Gasteiger partial charge in [-0.05, 0) is 66.6 Å². The maximum Gasteiger partial charge on any atom is 0.232 e. The monoisotopic (exact) mass is 374 g/mol. The molecule has 1 unspecified atom stereocenters. The zero-order valence-corrected chi connectivity index (χ0v) is 17.0.